The number of rotatable bonds is 2. The van der Waals surface area contributed by atoms with Crippen LogP contribution in [0.2, 0.25) is 0 Å². The number of hydrogen-bond acceptors (Lipinski definition) is 2. The summed E-state index contributed by atoms with van der Waals surface area (Å²) < 4.78 is 0. The molecule has 0 saturated heterocycles. The number of carboxylic acid groups (broad SMARTS) is 1. The Morgan fingerprint density at radius 1 is 1.38 bits per heavy atom. The molecule has 1 saturated carbocycles. The van der Waals surface area contributed by atoms with Crippen LogP contribution in [-0.2, 0) is 15.0 Å². The Labute approximate surface area is 94.1 Å². The summed E-state index contributed by atoms with van der Waals surface area (Å²) in [4.78, 5) is 22.9. The van der Waals surface area contributed by atoms with Crippen LogP contribution in [0.4, 0.5) is 0 Å². The van der Waals surface area contributed by atoms with E-state index in [1.807, 2.05) is 31.2 Å². The molecule has 1 aliphatic rings. The maximum atomic E-state index is 11.5. The zero-order chi connectivity index (χ0) is 11.8. The van der Waals surface area contributed by atoms with Crippen molar-refractivity contribution in [1.29, 1.82) is 0 Å². The van der Waals surface area contributed by atoms with Crippen LogP contribution >= 0.6 is 0 Å². The van der Waals surface area contributed by atoms with Crippen molar-refractivity contribution in [3.8, 4) is 0 Å². The Morgan fingerprint density at radius 3 is 2.56 bits per heavy atom. The van der Waals surface area contributed by atoms with Crippen LogP contribution in [0.5, 0.6) is 0 Å². The van der Waals surface area contributed by atoms with Gasteiger partial charge in [-0.1, -0.05) is 24.3 Å². The average molecular weight is 218 g/mol. The topological polar surface area (TPSA) is 54.4 Å². The lowest BCUT2D eigenvalue weighted by Crippen LogP contribution is -2.34. The van der Waals surface area contributed by atoms with Crippen molar-refractivity contribution in [3.05, 3.63) is 35.4 Å². The van der Waals surface area contributed by atoms with Gasteiger partial charge in [0.2, 0.25) is 0 Å². The van der Waals surface area contributed by atoms with Gasteiger partial charge in [0.25, 0.3) is 0 Å². The Kier molecular flexibility index (Phi) is 2.54. The second kappa shape index (κ2) is 3.74. The van der Waals surface area contributed by atoms with Crippen molar-refractivity contribution >= 4 is 11.8 Å². The lowest BCUT2D eigenvalue weighted by atomic mass is 9.77. The molecule has 1 fully saturated rings. The highest BCUT2D eigenvalue weighted by Crippen LogP contribution is 2.40. The number of aliphatic carboxylic acids is 1. The molecule has 1 N–H and O–H groups in total. The highest BCUT2D eigenvalue weighted by atomic mass is 16.4. The predicted octanol–water partition coefficient (Wildman–Crippen LogP) is 2.07. The standard InChI is InChI=1S/C13H14O3/c1-9-4-2-3-5-11(9)13(12(15)16)7-6-10(14)8-13/h2-5H,6-8H2,1H3,(H,15,16). The number of carbonyl (C=O) groups excluding carboxylic acids is 1. The molecule has 1 unspecified atom stereocenters. The minimum Gasteiger partial charge on any atom is -0.481 e. The van der Waals surface area contributed by atoms with Crippen molar-refractivity contribution in [2.24, 2.45) is 0 Å². The van der Waals surface area contributed by atoms with E-state index < -0.39 is 11.4 Å². The van der Waals surface area contributed by atoms with E-state index in [0.717, 1.165) is 11.1 Å². The Bertz CT molecular complexity index is 450. The number of benzene rings is 1. The van der Waals surface area contributed by atoms with Crippen molar-refractivity contribution in [2.75, 3.05) is 0 Å². The smallest absolute Gasteiger partial charge is 0.314 e. The highest BCUT2D eigenvalue weighted by molar-refractivity contribution is 5.94. The molecule has 2 rings (SSSR count). The fourth-order valence-corrected chi connectivity index (χ4v) is 2.50. The minimum atomic E-state index is -0.984. The van der Waals surface area contributed by atoms with Crippen molar-refractivity contribution < 1.29 is 14.7 Å². The van der Waals surface area contributed by atoms with Crippen LogP contribution in [0.15, 0.2) is 24.3 Å². The van der Waals surface area contributed by atoms with Crippen LogP contribution in [0.25, 0.3) is 0 Å². The lowest BCUT2D eigenvalue weighted by molar-refractivity contribution is -0.144. The summed E-state index contributed by atoms with van der Waals surface area (Å²) >= 11 is 0. The van der Waals surface area contributed by atoms with E-state index in [0.29, 0.717) is 12.8 Å². The number of carbonyl (C=O) groups is 2. The van der Waals surface area contributed by atoms with Crippen molar-refractivity contribution in [2.45, 2.75) is 31.6 Å². The molecule has 16 heavy (non-hydrogen) atoms. The average Bonchev–Trinajstić information content (AvgIpc) is 2.62. The summed E-state index contributed by atoms with van der Waals surface area (Å²) in [6.07, 6.45) is 0.930. The molecule has 0 heterocycles. The van der Waals surface area contributed by atoms with Crippen LogP contribution in [0.1, 0.15) is 30.4 Å². The first-order valence-corrected chi connectivity index (χ1v) is 5.37. The molecule has 0 bridgehead atoms. The van der Waals surface area contributed by atoms with Crippen LogP contribution in [-0.4, -0.2) is 16.9 Å². The highest BCUT2D eigenvalue weighted by Gasteiger charge is 2.47. The van der Waals surface area contributed by atoms with Crippen LogP contribution in [0, 0.1) is 6.92 Å². The van der Waals surface area contributed by atoms with Gasteiger partial charge in [0, 0.05) is 12.8 Å². The van der Waals surface area contributed by atoms with E-state index in [4.69, 9.17) is 0 Å². The maximum absolute atomic E-state index is 11.5. The third-order valence-corrected chi connectivity index (χ3v) is 3.40. The lowest BCUT2D eigenvalue weighted by Gasteiger charge is -2.25. The molecule has 0 spiro atoms. The zero-order valence-electron chi connectivity index (χ0n) is 9.19. The van der Waals surface area contributed by atoms with E-state index in [2.05, 4.69) is 0 Å². The summed E-state index contributed by atoms with van der Waals surface area (Å²) in [6, 6.07) is 7.42. The molecule has 1 aliphatic carbocycles. The number of ketones is 1. The quantitative estimate of drug-likeness (QED) is 0.826. The fraction of sp³-hybridized carbons (Fsp3) is 0.385. The van der Waals surface area contributed by atoms with E-state index in [-0.39, 0.29) is 12.2 Å². The van der Waals surface area contributed by atoms with E-state index in [1.54, 1.807) is 0 Å². The first-order chi connectivity index (χ1) is 7.56. The maximum Gasteiger partial charge on any atom is 0.314 e. The van der Waals surface area contributed by atoms with Gasteiger partial charge in [0.1, 0.15) is 11.2 Å². The SMILES string of the molecule is Cc1ccccc1C1(C(=O)O)CCC(=O)C1. The molecule has 1 aromatic rings. The van der Waals surface area contributed by atoms with Gasteiger partial charge in [-0.15, -0.1) is 0 Å². The van der Waals surface area contributed by atoms with Gasteiger partial charge in [-0.25, -0.2) is 0 Å². The normalized spacial score (nSPS) is 24.7. The molecular weight excluding hydrogens is 204 g/mol. The molecule has 3 heteroatoms. The Hall–Kier alpha value is -1.64. The van der Waals surface area contributed by atoms with Gasteiger partial charge in [0.15, 0.2) is 0 Å². The summed E-state index contributed by atoms with van der Waals surface area (Å²) in [6.45, 7) is 1.89. The zero-order valence-corrected chi connectivity index (χ0v) is 9.19. The second-order valence-corrected chi connectivity index (χ2v) is 4.42. The molecule has 1 aromatic carbocycles. The molecular formula is C13H14O3. The second-order valence-electron chi connectivity index (χ2n) is 4.42. The molecule has 0 aromatic heterocycles. The monoisotopic (exact) mass is 218 g/mol. The van der Waals surface area contributed by atoms with Crippen molar-refractivity contribution in [3.63, 3.8) is 0 Å². The molecule has 0 amide bonds. The third-order valence-electron chi connectivity index (χ3n) is 3.40. The minimum absolute atomic E-state index is 0.0469. The fourth-order valence-electron chi connectivity index (χ4n) is 2.50. The molecule has 1 atom stereocenters. The molecule has 3 nitrogen and oxygen atoms in total. The first-order valence-electron chi connectivity index (χ1n) is 5.37. The molecule has 84 valence electrons. The van der Waals surface area contributed by atoms with Gasteiger partial charge in [0.05, 0.1) is 0 Å². The van der Waals surface area contributed by atoms with E-state index in [1.165, 1.54) is 0 Å². The van der Waals surface area contributed by atoms with Crippen LogP contribution < -0.4 is 0 Å². The number of Topliss-reactive ketones (excluding diaryl/α,β-unsaturated/α-hetero) is 1. The van der Waals surface area contributed by atoms with E-state index in [9.17, 15) is 14.7 Å². The Balaban J connectivity index is 2.53. The van der Waals surface area contributed by atoms with Gasteiger partial charge < -0.3 is 5.11 Å². The van der Waals surface area contributed by atoms with Gasteiger partial charge in [-0.2, -0.15) is 0 Å². The van der Waals surface area contributed by atoms with E-state index >= 15 is 0 Å². The summed E-state index contributed by atoms with van der Waals surface area (Å²) in [5.74, 6) is -0.835. The Morgan fingerprint density at radius 2 is 2.06 bits per heavy atom. The number of hydrogen-bond donors (Lipinski definition) is 1. The summed E-state index contributed by atoms with van der Waals surface area (Å²) in [5, 5.41) is 9.41. The van der Waals surface area contributed by atoms with Gasteiger partial charge in [-0.3, -0.25) is 9.59 Å². The number of aryl methyl sites for hydroxylation is 1. The number of carboxylic acids is 1. The van der Waals surface area contributed by atoms with Gasteiger partial charge in [-0.05, 0) is 24.5 Å². The predicted molar refractivity (Wildman–Crippen MR) is 59.4 cm³/mol. The van der Waals surface area contributed by atoms with Gasteiger partial charge >= 0.3 is 5.97 Å². The largest absolute Gasteiger partial charge is 0.481 e. The third kappa shape index (κ3) is 1.52. The summed E-state index contributed by atoms with van der Waals surface area (Å²) in [5.41, 5.74) is 0.746. The first kappa shape index (κ1) is 10.9. The molecule has 0 radical (unpaired) electrons. The van der Waals surface area contributed by atoms with Crippen LogP contribution in [0.3, 0.4) is 0 Å². The van der Waals surface area contributed by atoms with Crippen molar-refractivity contribution in [1.82, 2.24) is 0 Å². The summed E-state index contributed by atoms with van der Waals surface area (Å²) in [7, 11) is 0. The molecule has 0 aliphatic heterocycles.